The Morgan fingerprint density at radius 1 is 1.10 bits per heavy atom. The SMILES string of the molecule is COc1ccc2c(COC(=O)[C@H](C)NC(=O)Nc3ccccc3)cc(=O)oc2c1. The van der Waals surface area contributed by atoms with E-state index >= 15 is 0 Å². The van der Waals surface area contributed by atoms with E-state index < -0.39 is 23.7 Å². The smallest absolute Gasteiger partial charge is 0.336 e. The number of nitrogens with one attached hydrogen (secondary N) is 2. The second-order valence-electron chi connectivity index (χ2n) is 6.25. The summed E-state index contributed by atoms with van der Waals surface area (Å²) in [6.07, 6.45) is 0. The van der Waals surface area contributed by atoms with Gasteiger partial charge < -0.3 is 24.5 Å². The molecule has 1 atom stereocenters. The van der Waals surface area contributed by atoms with Crippen molar-refractivity contribution in [2.24, 2.45) is 0 Å². The number of amides is 2. The van der Waals surface area contributed by atoms with Crippen LogP contribution in [0.25, 0.3) is 11.0 Å². The molecular formula is C21H20N2O6. The molecule has 0 saturated carbocycles. The number of methoxy groups -OCH3 is 1. The number of fused-ring (bicyclic) bond motifs is 1. The molecule has 0 saturated heterocycles. The van der Waals surface area contributed by atoms with E-state index in [1.807, 2.05) is 6.07 Å². The van der Waals surface area contributed by atoms with E-state index in [9.17, 15) is 14.4 Å². The monoisotopic (exact) mass is 396 g/mol. The van der Waals surface area contributed by atoms with E-state index in [-0.39, 0.29) is 6.61 Å². The lowest BCUT2D eigenvalue weighted by Crippen LogP contribution is -2.41. The summed E-state index contributed by atoms with van der Waals surface area (Å²) in [5.74, 6) is -0.0971. The van der Waals surface area contributed by atoms with Crippen LogP contribution in [0, 0.1) is 0 Å². The third kappa shape index (κ3) is 5.13. The topological polar surface area (TPSA) is 107 Å². The molecule has 2 amide bonds. The van der Waals surface area contributed by atoms with Gasteiger partial charge >= 0.3 is 17.6 Å². The fourth-order valence-corrected chi connectivity index (χ4v) is 2.67. The molecule has 3 rings (SSSR count). The number of esters is 1. The molecule has 0 aliphatic carbocycles. The number of benzene rings is 2. The van der Waals surface area contributed by atoms with Gasteiger partial charge in [0.05, 0.1) is 7.11 Å². The molecule has 2 aromatic carbocycles. The minimum atomic E-state index is -0.884. The Morgan fingerprint density at radius 3 is 2.59 bits per heavy atom. The van der Waals surface area contributed by atoms with Gasteiger partial charge in [0.2, 0.25) is 0 Å². The Kier molecular flexibility index (Phi) is 6.13. The summed E-state index contributed by atoms with van der Waals surface area (Å²) in [5, 5.41) is 5.75. The van der Waals surface area contributed by atoms with Crippen LogP contribution in [0.1, 0.15) is 12.5 Å². The number of carbonyl (C=O) groups excluding carboxylic acids is 2. The van der Waals surface area contributed by atoms with Crippen LogP contribution < -0.4 is 21.0 Å². The fourth-order valence-electron chi connectivity index (χ4n) is 2.67. The highest BCUT2D eigenvalue weighted by Crippen LogP contribution is 2.23. The summed E-state index contributed by atoms with van der Waals surface area (Å²) in [4.78, 5) is 36.0. The summed E-state index contributed by atoms with van der Waals surface area (Å²) in [5.41, 5.74) is 0.859. The predicted octanol–water partition coefficient (Wildman–Crippen LogP) is 3.06. The molecule has 0 fully saturated rings. The molecule has 0 unspecified atom stereocenters. The van der Waals surface area contributed by atoms with Crippen molar-refractivity contribution in [1.29, 1.82) is 0 Å². The van der Waals surface area contributed by atoms with Crippen molar-refractivity contribution in [2.75, 3.05) is 12.4 Å². The Balaban J connectivity index is 1.62. The third-order valence-electron chi connectivity index (χ3n) is 4.14. The van der Waals surface area contributed by atoms with Crippen LogP contribution in [-0.4, -0.2) is 25.2 Å². The fraction of sp³-hybridized carbons (Fsp3) is 0.190. The highest BCUT2D eigenvalue weighted by Gasteiger charge is 2.18. The zero-order valence-corrected chi connectivity index (χ0v) is 15.9. The van der Waals surface area contributed by atoms with Gasteiger partial charge in [-0.3, -0.25) is 0 Å². The van der Waals surface area contributed by atoms with E-state index in [2.05, 4.69) is 10.6 Å². The van der Waals surface area contributed by atoms with Gasteiger partial charge in [0.25, 0.3) is 0 Å². The molecule has 0 aliphatic rings. The molecule has 3 aromatic rings. The van der Waals surface area contributed by atoms with Crippen LogP contribution >= 0.6 is 0 Å². The van der Waals surface area contributed by atoms with Crippen molar-refractivity contribution >= 4 is 28.7 Å². The van der Waals surface area contributed by atoms with E-state index in [0.717, 1.165) is 0 Å². The lowest BCUT2D eigenvalue weighted by Gasteiger charge is -2.14. The first-order valence-corrected chi connectivity index (χ1v) is 8.86. The lowest BCUT2D eigenvalue weighted by molar-refractivity contribution is -0.146. The Labute approximate surface area is 166 Å². The molecule has 1 aromatic heterocycles. The van der Waals surface area contributed by atoms with E-state index in [1.54, 1.807) is 42.5 Å². The van der Waals surface area contributed by atoms with Gasteiger partial charge in [-0.1, -0.05) is 18.2 Å². The molecule has 8 nitrogen and oxygen atoms in total. The molecule has 0 aliphatic heterocycles. The van der Waals surface area contributed by atoms with Gasteiger partial charge in [-0.2, -0.15) is 0 Å². The van der Waals surface area contributed by atoms with Crippen LogP contribution in [0.4, 0.5) is 10.5 Å². The Bertz CT molecular complexity index is 1080. The number of para-hydroxylation sites is 1. The molecule has 29 heavy (non-hydrogen) atoms. The zero-order chi connectivity index (χ0) is 20.8. The van der Waals surface area contributed by atoms with Crippen LogP contribution in [0.2, 0.25) is 0 Å². The maximum absolute atomic E-state index is 12.2. The van der Waals surface area contributed by atoms with Crippen LogP contribution in [0.3, 0.4) is 0 Å². The predicted molar refractivity (Wildman–Crippen MR) is 107 cm³/mol. The zero-order valence-electron chi connectivity index (χ0n) is 15.9. The number of hydrogen-bond acceptors (Lipinski definition) is 6. The Hall–Kier alpha value is -3.81. The average molecular weight is 396 g/mol. The van der Waals surface area contributed by atoms with Crippen LogP contribution in [0.15, 0.2) is 63.8 Å². The molecule has 1 heterocycles. The van der Waals surface area contributed by atoms with Gasteiger partial charge in [-0.25, -0.2) is 14.4 Å². The number of urea groups is 1. The molecule has 150 valence electrons. The molecular weight excluding hydrogens is 376 g/mol. The minimum absolute atomic E-state index is 0.139. The van der Waals surface area contributed by atoms with Crippen molar-refractivity contribution in [3.8, 4) is 5.75 Å². The summed E-state index contributed by atoms with van der Waals surface area (Å²) < 4.78 is 15.6. The third-order valence-corrected chi connectivity index (χ3v) is 4.14. The first-order chi connectivity index (χ1) is 14.0. The van der Waals surface area contributed by atoms with E-state index in [1.165, 1.54) is 20.1 Å². The van der Waals surface area contributed by atoms with Crippen molar-refractivity contribution in [1.82, 2.24) is 5.32 Å². The average Bonchev–Trinajstić information content (AvgIpc) is 2.71. The number of anilines is 1. The van der Waals surface area contributed by atoms with Crippen molar-refractivity contribution in [3.63, 3.8) is 0 Å². The van der Waals surface area contributed by atoms with Gasteiger partial charge in [0.15, 0.2) is 0 Å². The number of rotatable bonds is 6. The van der Waals surface area contributed by atoms with Gasteiger partial charge in [0, 0.05) is 28.8 Å². The second-order valence-corrected chi connectivity index (χ2v) is 6.25. The largest absolute Gasteiger partial charge is 0.497 e. The number of ether oxygens (including phenoxy) is 2. The quantitative estimate of drug-likeness (QED) is 0.490. The molecule has 0 bridgehead atoms. The normalized spacial score (nSPS) is 11.5. The maximum atomic E-state index is 12.2. The molecule has 8 heteroatoms. The minimum Gasteiger partial charge on any atom is -0.497 e. The molecule has 0 radical (unpaired) electrons. The summed E-state index contributed by atoms with van der Waals surface area (Å²) in [6, 6.07) is 13.7. The summed E-state index contributed by atoms with van der Waals surface area (Å²) in [6.45, 7) is 1.37. The lowest BCUT2D eigenvalue weighted by atomic mass is 10.1. The standard InChI is InChI=1S/C21H20N2O6/c1-13(22-21(26)23-15-6-4-3-5-7-15)20(25)28-12-14-10-19(24)29-18-11-16(27-2)8-9-17(14)18/h3-11,13H,12H2,1-2H3,(H2,22,23,26)/t13-/m0/s1. The van der Waals surface area contributed by atoms with Crippen LogP contribution in [-0.2, 0) is 16.1 Å². The maximum Gasteiger partial charge on any atom is 0.336 e. The van der Waals surface area contributed by atoms with Crippen molar-refractivity contribution in [3.05, 3.63) is 70.6 Å². The second kappa shape index (κ2) is 8.92. The first-order valence-electron chi connectivity index (χ1n) is 8.86. The summed E-state index contributed by atoms with van der Waals surface area (Å²) >= 11 is 0. The first kappa shape index (κ1) is 19.9. The van der Waals surface area contributed by atoms with Crippen molar-refractivity contribution in [2.45, 2.75) is 19.6 Å². The molecule has 2 N–H and O–H groups in total. The van der Waals surface area contributed by atoms with Gasteiger partial charge in [0.1, 0.15) is 24.0 Å². The van der Waals surface area contributed by atoms with Crippen LogP contribution in [0.5, 0.6) is 5.75 Å². The highest BCUT2D eigenvalue weighted by atomic mass is 16.5. The van der Waals surface area contributed by atoms with Crippen molar-refractivity contribution < 1.29 is 23.5 Å². The van der Waals surface area contributed by atoms with Gasteiger partial charge in [-0.15, -0.1) is 0 Å². The number of carbonyl (C=O) groups is 2. The summed E-state index contributed by atoms with van der Waals surface area (Å²) in [7, 11) is 1.51. The van der Waals surface area contributed by atoms with E-state index in [4.69, 9.17) is 13.9 Å². The van der Waals surface area contributed by atoms with Gasteiger partial charge in [-0.05, 0) is 31.2 Å². The number of hydrogen-bond donors (Lipinski definition) is 2. The Morgan fingerprint density at radius 2 is 1.86 bits per heavy atom. The van der Waals surface area contributed by atoms with E-state index in [0.29, 0.717) is 28.0 Å². The highest BCUT2D eigenvalue weighted by molar-refractivity contribution is 5.92. The molecule has 0 spiro atoms.